The zero-order valence-corrected chi connectivity index (χ0v) is 14.6. The van der Waals surface area contributed by atoms with Crippen LogP contribution in [-0.2, 0) is 0 Å². The van der Waals surface area contributed by atoms with E-state index in [0.29, 0.717) is 17.1 Å². The van der Waals surface area contributed by atoms with Crippen molar-refractivity contribution in [1.82, 2.24) is 15.0 Å². The highest BCUT2D eigenvalue weighted by molar-refractivity contribution is 8.06. The summed E-state index contributed by atoms with van der Waals surface area (Å²) >= 11 is 4.06. The Bertz CT molecular complexity index is 435. The average Bonchev–Trinajstić information content (AvgIpc) is 2.55. The number of hydrogen-bond acceptors (Lipinski definition) is 8. The minimum Gasteiger partial charge on any atom is -0.357 e. The Hall–Kier alpha value is -0.890. The first-order chi connectivity index (χ1) is 10.3. The van der Waals surface area contributed by atoms with Crippen LogP contribution >= 0.6 is 23.5 Å². The second-order valence-corrected chi connectivity index (χ2v) is 7.21. The van der Waals surface area contributed by atoms with E-state index in [4.69, 9.17) is 0 Å². The molecule has 1 saturated heterocycles. The second kappa shape index (κ2) is 8.53. The van der Waals surface area contributed by atoms with Crippen LogP contribution in [0.1, 0.15) is 13.8 Å². The number of aromatic nitrogens is 3. The zero-order valence-electron chi connectivity index (χ0n) is 12.9. The fourth-order valence-electron chi connectivity index (χ4n) is 2.06. The van der Waals surface area contributed by atoms with Gasteiger partial charge in [-0.05, 0) is 13.8 Å². The summed E-state index contributed by atoms with van der Waals surface area (Å²) in [6.07, 6.45) is 0. The van der Waals surface area contributed by atoms with E-state index in [2.05, 4.69) is 44.3 Å². The molecule has 1 aromatic rings. The molecule has 0 bridgehead atoms. The van der Waals surface area contributed by atoms with Gasteiger partial charge in [0.1, 0.15) is 0 Å². The molecule has 0 saturated carbocycles. The number of hydrogen-bond donors (Lipinski definition) is 2. The van der Waals surface area contributed by atoms with Gasteiger partial charge in [0.15, 0.2) is 0 Å². The number of nitrogens with zero attached hydrogens (tertiary/aromatic N) is 4. The van der Waals surface area contributed by atoms with Crippen LogP contribution in [0.25, 0.3) is 0 Å². The van der Waals surface area contributed by atoms with E-state index in [1.165, 1.54) is 17.3 Å². The molecule has 6 nitrogen and oxygen atoms in total. The van der Waals surface area contributed by atoms with Crippen LogP contribution in [-0.4, -0.2) is 64.1 Å². The highest BCUT2D eigenvalue weighted by atomic mass is 32.2. The maximum absolute atomic E-state index is 4.54. The molecule has 2 N–H and O–H groups in total. The summed E-state index contributed by atoms with van der Waals surface area (Å²) in [5.74, 6) is 5.70. The molecule has 0 aliphatic carbocycles. The first-order valence-corrected chi connectivity index (χ1v) is 9.59. The van der Waals surface area contributed by atoms with Crippen molar-refractivity contribution in [3.8, 4) is 0 Å². The lowest BCUT2D eigenvalue weighted by Crippen LogP contribution is -2.27. The summed E-state index contributed by atoms with van der Waals surface area (Å²) in [4.78, 5) is 15.5. The van der Waals surface area contributed by atoms with Gasteiger partial charge < -0.3 is 15.5 Å². The van der Waals surface area contributed by atoms with Crippen molar-refractivity contribution in [1.29, 1.82) is 0 Å². The van der Waals surface area contributed by atoms with Gasteiger partial charge >= 0.3 is 0 Å². The van der Waals surface area contributed by atoms with Crippen LogP contribution in [0.15, 0.2) is 0 Å². The van der Waals surface area contributed by atoms with E-state index in [1.54, 1.807) is 0 Å². The molecule has 1 aromatic heterocycles. The largest absolute Gasteiger partial charge is 0.357 e. The Morgan fingerprint density at radius 1 is 1.14 bits per heavy atom. The number of nitrogens with one attached hydrogen (secondary N) is 2. The topological polar surface area (TPSA) is 66.0 Å². The molecule has 0 spiro atoms. The predicted molar refractivity (Wildman–Crippen MR) is 95.0 cm³/mol. The average molecular weight is 329 g/mol. The maximum atomic E-state index is 4.54. The zero-order chi connectivity index (χ0) is 15.1. The number of anilines is 3. The van der Waals surface area contributed by atoms with E-state index in [-0.39, 0.29) is 0 Å². The predicted octanol–water partition coefficient (Wildman–Crippen LogP) is 2.02. The summed E-state index contributed by atoms with van der Waals surface area (Å²) < 4.78 is 0. The van der Waals surface area contributed by atoms with Crippen molar-refractivity contribution in [2.45, 2.75) is 19.1 Å². The first-order valence-electron chi connectivity index (χ1n) is 7.38. The third kappa shape index (κ3) is 4.81. The van der Waals surface area contributed by atoms with Crippen LogP contribution in [0.5, 0.6) is 0 Å². The van der Waals surface area contributed by atoms with Gasteiger partial charge in [-0.15, -0.1) is 0 Å². The maximum Gasteiger partial charge on any atom is 0.231 e. The Balaban J connectivity index is 2.04. The van der Waals surface area contributed by atoms with Gasteiger partial charge in [-0.2, -0.15) is 38.5 Å². The van der Waals surface area contributed by atoms with Crippen LogP contribution in [0.2, 0.25) is 0 Å². The van der Waals surface area contributed by atoms with E-state index >= 15 is 0 Å². The van der Waals surface area contributed by atoms with Gasteiger partial charge in [0.05, 0.1) is 0 Å². The molecule has 2 rings (SSSR count). The third-order valence-corrected chi connectivity index (χ3v) is 6.11. The minimum atomic E-state index is 0.611. The van der Waals surface area contributed by atoms with Gasteiger partial charge in [-0.25, -0.2) is 0 Å². The van der Waals surface area contributed by atoms with Crippen molar-refractivity contribution in [2.75, 3.05) is 59.5 Å². The third-order valence-electron chi connectivity index (χ3n) is 3.27. The lowest BCUT2D eigenvalue weighted by atomic mass is 10.4. The molecule has 0 aromatic carbocycles. The molecular weight excluding hydrogens is 304 g/mol. The SMILES string of the molecule is CCN(CC)c1nc(NC)nc(NCC2CSCCS2)n1. The highest BCUT2D eigenvalue weighted by Crippen LogP contribution is 2.24. The number of thioether (sulfide) groups is 2. The molecule has 0 radical (unpaired) electrons. The normalized spacial score (nSPS) is 18.3. The molecule has 1 aliphatic rings. The fourth-order valence-corrected chi connectivity index (χ4v) is 4.67. The lowest BCUT2D eigenvalue weighted by molar-refractivity contribution is 0.812. The van der Waals surface area contributed by atoms with E-state index in [9.17, 15) is 0 Å². The van der Waals surface area contributed by atoms with Gasteiger partial charge in [-0.3, -0.25) is 0 Å². The molecular formula is C13H24N6S2. The quantitative estimate of drug-likeness (QED) is 0.788. The fraction of sp³-hybridized carbons (Fsp3) is 0.769. The highest BCUT2D eigenvalue weighted by Gasteiger charge is 2.15. The Morgan fingerprint density at radius 3 is 2.52 bits per heavy atom. The molecule has 1 unspecified atom stereocenters. The van der Waals surface area contributed by atoms with Gasteiger partial charge in [-0.1, -0.05) is 0 Å². The van der Waals surface area contributed by atoms with Crippen LogP contribution in [0.4, 0.5) is 17.8 Å². The van der Waals surface area contributed by atoms with Crippen LogP contribution < -0.4 is 15.5 Å². The van der Waals surface area contributed by atoms with Crippen molar-refractivity contribution in [3.05, 3.63) is 0 Å². The molecule has 1 aliphatic heterocycles. The molecule has 0 amide bonds. The van der Waals surface area contributed by atoms with Crippen molar-refractivity contribution >= 4 is 41.4 Å². The summed E-state index contributed by atoms with van der Waals surface area (Å²) in [7, 11) is 1.83. The summed E-state index contributed by atoms with van der Waals surface area (Å²) in [6.45, 7) is 6.89. The van der Waals surface area contributed by atoms with Crippen molar-refractivity contribution in [2.24, 2.45) is 0 Å². The van der Waals surface area contributed by atoms with E-state index < -0.39 is 0 Å². The van der Waals surface area contributed by atoms with Gasteiger partial charge in [0.2, 0.25) is 17.8 Å². The lowest BCUT2D eigenvalue weighted by Gasteiger charge is -2.22. The smallest absolute Gasteiger partial charge is 0.231 e. The van der Waals surface area contributed by atoms with E-state index in [1.807, 2.05) is 30.6 Å². The molecule has 8 heteroatoms. The Labute approximate surface area is 135 Å². The molecule has 1 fully saturated rings. The van der Waals surface area contributed by atoms with Crippen molar-refractivity contribution < 1.29 is 0 Å². The Kier molecular flexibility index (Phi) is 6.69. The minimum absolute atomic E-state index is 0.611. The van der Waals surface area contributed by atoms with E-state index in [0.717, 1.165) is 25.6 Å². The van der Waals surface area contributed by atoms with Gasteiger partial charge in [0, 0.05) is 49.2 Å². The summed E-state index contributed by atoms with van der Waals surface area (Å²) in [5.41, 5.74) is 0. The molecule has 2 heterocycles. The first kappa shape index (κ1) is 16.5. The Morgan fingerprint density at radius 2 is 1.90 bits per heavy atom. The summed E-state index contributed by atoms with van der Waals surface area (Å²) in [5, 5.41) is 7.01. The van der Waals surface area contributed by atoms with Crippen LogP contribution in [0, 0.1) is 0 Å². The monoisotopic (exact) mass is 328 g/mol. The van der Waals surface area contributed by atoms with Crippen LogP contribution in [0.3, 0.4) is 0 Å². The molecule has 118 valence electrons. The number of rotatable bonds is 7. The van der Waals surface area contributed by atoms with Gasteiger partial charge in [0.25, 0.3) is 0 Å². The standard InChI is InChI=1S/C13H24N6S2/c1-4-19(5-2)13-17-11(14-3)16-12(18-13)15-8-10-9-20-6-7-21-10/h10H,4-9H2,1-3H3,(H2,14,15,16,17,18). The molecule has 21 heavy (non-hydrogen) atoms. The molecule has 1 atom stereocenters. The second-order valence-electron chi connectivity index (χ2n) is 4.65. The van der Waals surface area contributed by atoms with Crippen molar-refractivity contribution in [3.63, 3.8) is 0 Å². The summed E-state index contributed by atoms with van der Waals surface area (Å²) in [6, 6.07) is 0.